The molecule has 0 aliphatic carbocycles. The second kappa shape index (κ2) is 4.53. The van der Waals surface area contributed by atoms with Crippen molar-refractivity contribution in [1.29, 1.82) is 0 Å². The summed E-state index contributed by atoms with van der Waals surface area (Å²) in [5.41, 5.74) is 2.75. The molecule has 1 unspecified atom stereocenters. The normalized spacial score (nSPS) is 22.1. The molecule has 0 bridgehead atoms. The Morgan fingerprint density at radius 3 is 2.61 bits per heavy atom. The standard InChI is InChI=1S/C14H19N3O/c1-10(2)17(7-5-6-15-17)9-13-11(3)8-12(4)16-14(13)18/h5-8,10H,9H2,1-4H3/p+1. The van der Waals surface area contributed by atoms with E-state index in [1.807, 2.05) is 32.2 Å². The number of quaternary nitrogens is 1. The monoisotopic (exact) mass is 246 g/mol. The predicted octanol–water partition coefficient (Wildman–Crippen LogP) is 2.23. The second-order valence-corrected chi connectivity index (χ2v) is 5.19. The van der Waals surface area contributed by atoms with Crippen LogP contribution in [0, 0.1) is 13.8 Å². The van der Waals surface area contributed by atoms with Crippen LogP contribution in [0.5, 0.6) is 0 Å². The molecule has 1 aliphatic rings. The lowest BCUT2D eigenvalue weighted by Crippen LogP contribution is -2.43. The minimum Gasteiger partial charge on any atom is -0.326 e. The summed E-state index contributed by atoms with van der Waals surface area (Å²) in [7, 11) is 0. The van der Waals surface area contributed by atoms with Crippen LogP contribution in [0.25, 0.3) is 0 Å². The molecule has 4 heteroatoms. The van der Waals surface area contributed by atoms with Crippen LogP contribution >= 0.6 is 0 Å². The van der Waals surface area contributed by atoms with Crippen molar-refractivity contribution in [2.24, 2.45) is 5.10 Å². The van der Waals surface area contributed by atoms with Crippen molar-refractivity contribution < 1.29 is 4.59 Å². The second-order valence-electron chi connectivity index (χ2n) is 5.19. The molecule has 1 atom stereocenters. The number of aromatic amines is 1. The Kier molecular flexibility index (Phi) is 3.22. The van der Waals surface area contributed by atoms with Crippen LogP contribution in [0.4, 0.5) is 0 Å². The van der Waals surface area contributed by atoms with Crippen molar-refractivity contribution in [1.82, 2.24) is 4.98 Å². The first-order chi connectivity index (χ1) is 8.44. The van der Waals surface area contributed by atoms with Gasteiger partial charge in [0.2, 0.25) is 0 Å². The van der Waals surface area contributed by atoms with Crippen LogP contribution in [-0.2, 0) is 6.54 Å². The molecule has 0 spiro atoms. The number of pyridine rings is 1. The SMILES string of the molecule is Cc1cc(C)c(C[N+]2(C(C)C)C=CC=N2)c(=O)[nH]1. The zero-order valence-electron chi connectivity index (χ0n) is 11.4. The van der Waals surface area contributed by atoms with Gasteiger partial charge in [0.05, 0.1) is 11.8 Å². The van der Waals surface area contributed by atoms with Crippen LogP contribution in [-0.4, -0.2) is 21.8 Å². The van der Waals surface area contributed by atoms with Crippen molar-refractivity contribution in [2.45, 2.75) is 40.3 Å². The molecule has 1 N–H and O–H groups in total. The zero-order chi connectivity index (χ0) is 13.3. The summed E-state index contributed by atoms with van der Waals surface area (Å²) in [5.74, 6) is 0. The average molecular weight is 246 g/mol. The predicted molar refractivity (Wildman–Crippen MR) is 73.3 cm³/mol. The van der Waals surface area contributed by atoms with E-state index < -0.39 is 0 Å². The third kappa shape index (κ3) is 2.16. The number of nitrogens with one attached hydrogen (secondary N) is 1. The first kappa shape index (κ1) is 12.8. The van der Waals surface area contributed by atoms with Crippen molar-refractivity contribution in [3.05, 3.63) is 45.5 Å². The van der Waals surface area contributed by atoms with E-state index in [2.05, 4.69) is 23.9 Å². The van der Waals surface area contributed by atoms with E-state index in [1.165, 1.54) is 0 Å². The smallest absolute Gasteiger partial charge is 0.257 e. The summed E-state index contributed by atoms with van der Waals surface area (Å²) >= 11 is 0. The van der Waals surface area contributed by atoms with Gasteiger partial charge in [0, 0.05) is 11.8 Å². The third-order valence-electron chi connectivity index (χ3n) is 3.51. The van der Waals surface area contributed by atoms with E-state index in [0.717, 1.165) is 16.8 Å². The lowest BCUT2D eigenvalue weighted by Gasteiger charge is -2.30. The molecule has 0 amide bonds. The largest absolute Gasteiger partial charge is 0.326 e. The fraction of sp³-hybridized carbons (Fsp3) is 0.429. The Morgan fingerprint density at radius 2 is 2.11 bits per heavy atom. The minimum absolute atomic E-state index is 0.00106. The maximum atomic E-state index is 12.1. The van der Waals surface area contributed by atoms with Crippen molar-refractivity contribution >= 4 is 6.21 Å². The Bertz CT molecular complexity index is 555. The molecular formula is C14H20N3O+. The van der Waals surface area contributed by atoms with Crippen LogP contribution in [0.15, 0.2) is 28.2 Å². The number of aryl methyl sites for hydroxylation is 2. The zero-order valence-corrected chi connectivity index (χ0v) is 11.4. The Labute approximate surface area is 107 Å². The summed E-state index contributed by atoms with van der Waals surface area (Å²) in [6, 6.07) is 2.32. The van der Waals surface area contributed by atoms with Crippen LogP contribution in [0.1, 0.15) is 30.7 Å². The van der Waals surface area contributed by atoms with Gasteiger partial charge in [-0.25, -0.2) is 0 Å². The molecule has 96 valence electrons. The van der Waals surface area contributed by atoms with Gasteiger partial charge in [-0.3, -0.25) is 4.79 Å². The van der Waals surface area contributed by atoms with E-state index in [4.69, 9.17) is 0 Å². The molecule has 18 heavy (non-hydrogen) atoms. The fourth-order valence-electron chi connectivity index (χ4n) is 2.30. The number of H-pyrrole nitrogens is 1. The maximum absolute atomic E-state index is 12.1. The molecular weight excluding hydrogens is 226 g/mol. The van der Waals surface area contributed by atoms with Gasteiger partial charge in [0.15, 0.2) is 0 Å². The van der Waals surface area contributed by atoms with Gasteiger partial charge in [0.1, 0.15) is 18.8 Å². The summed E-state index contributed by atoms with van der Waals surface area (Å²) in [5, 5.41) is 4.52. The topological polar surface area (TPSA) is 45.2 Å². The molecule has 2 heterocycles. The van der Waals surface area contributed by atoms with Gasteiger partial charge in [-0.2, -0.15) is 4.59 Å². The van der Waals surface area contributed by atoms with Gasteiger partial charge in [-0.15, -0.1) is 0 Å². The number of allylic oxidation sites excluding steroid dienone is 1. The number of aromatic nitrogens is 1. The molecule has 4 nitrogen and oxygen atoms in total. The molecule has 1 aliphatic heterocycles. The maximum Gasteiger partial charge on any atom is 0.257 e. The molecule has 0 radical (unpaired) electrons. The van der Waals surface area contributed by atoms with Gasteiger partial charge < -0.3 is 4.98 Å². The average Bonchev–Trinajstić information content (AvgIpc) is 2.73. The highest BCUT2D eigenvalue weighted by Crippen LogP contribution is 2.24. The molecule has 0 saturated heterocycles. The highest BCUT2D eigenvalue weighted by Gasteiger charge is 2.33. The van der Waals surface area contributed by atoms with Crippen LogP contribution in [0.3, 0.4) is 0 Å². The van der Waals surface area contributed by atoms with E-state index in [1.54, 1.807) is 6.21 Å². The summed E-state index contributed by atoms with van der Waals surface area (Å²) in [6.45, 7) is 8.72. The van der Waals surface area contributed by atoms with Gasteiger partial charge in [-0.1, -0.05) is 5.10 Å². The Morgan fingerprint density at radius 1 is 1.39 bits per heavy atom. The van der Waals surface area contributed by atoms with Crippen LogP contribution < -0.4 is 5.56 Å². The van der Waals surface area contributed by atoms with E-state index in [-0.39, 0.29) is 5.56 Å². The summed E-state index contributed by atoms with van der Waals surface area (Å²) < 4.78 is 0.465. The lowest BCUT2D eigenvalue weighted by atomic mass is 10.1. The fourth-order valence-corrected chi connectivity index (χ4v) is 2.30. The highest BCUT2D eigenvalue weighted by atomic mass is 16.1. The lowest BCUT2D eigenvalue weighted by molar-refractivity contribution is -0.917. The molecule has 0 aromatic carbocycles. The molecule has 1 aromatic rings. The minimum atomic E-state index is 0.00106. The first-order valence-electron chi connectivity index (χ1n) is 6.25. The highest BCUT2D eigenvalue weighted by molar-refractivity contribution is 5.71. The molecule has 1 aromatic heterocycles. The third-order valence-corrected chi connectivity index (χ3v) is 3.51. The van der Waals surface area contributed by atoms with Crippen molar-refractivity contribution in [2.75, 3.05) is 0 Å². The number of nitrogens with zero attached hydrogens (tertiary/aromatic N) is 2. The molecule has 0 fully saturated rings. The molecule has 0 saturated carbocycles. The Balaban J connectivity index is 2.43. The van der Waals surface area contributed by atoms with Crippen molar-refractivity contribution in [3.63, 3.8) is 0 Å². The summed E-state index contributed by atoms with van der Waals surface area (Å²) in [6.07, 6.45) is 5.79. The number of hydrogen-bond acceptors (Lipinski definition) is 2. The van der Waals surface area contributed by atoms with Gasteiger partial charge >= 0.3 is 0 Å². The summed E-state index contributed by atoms with van der Waals surface area (Å²) in [4.78, 5) is 14.9. The number of rotatable bonds is 3. The van der Waals surface area contributed by atoms with E-state index in [0.29, 0.717) is 17.2 Å². The first-order valence-corrected chi connectivity index (χ1v) is 6.25. The van der Waals surface area contributed by atoms with Gasteiger partial charge in [0.25, 0.3) is 5.56 Å². The van der Waals surface area contributed by atoms with Gasteiger partial charge in [-0.05, 0) is 39.3 Å². The van der Waals surface area contributed by atoms with Crippen molar-refractivity contribution in [3.8, 4) is 0 Å². The molecule has 2 rings (SSSR count). The van der Waals surface area contributed by atoms with Crippen LogP contribution in [0.2, 0.25) is 0 Å². The van der Waals surface area contributed by atoms with E-state index >= 15 is 0 Å². The van der Waals surface area contributed by atoms with E-state index in [9.17, 15) is 4.79 Å². The number of hydrogen-bond donors (Lipinski definition) is 1. The quantitative estimate of drug-likeness (QED) is 0.817. The Hall–Kier alpha value is -1.68.